The van der Waals surface area contributed by atoms with Crippen molar-refractivity contribution in [3.63, 3.8) is 0 Å². The number of ether oxygens (including phenoxy) is 1. The predicted molar refractivity (Wildman–Crippen MR) is 86.2 cm³/mol. The molecule has 2 N–H and O–H groups in total. The van der Waals surface area contributed by atoms with Gasteiger partial charge in [0.1, 0.15) is 12.4 Å². The summed E-state index contributed by atoms with van der Waals surface area (Å²) < 4.78 is 6.27. The molecule has 1 aromatic carbocycles. The molecule has 0 aliphatic rings. The number of aromatic nitrogens is 2. The quantitative estimate of drug-likeness (QED) is 0.547. The molecule has 1 amide bonds. The minimum atomic E-state index is -1.11. The molecule has 0 aliphatic heterocycles. The Bertz CT molecular complexity index is 801. The van der Waals surface area contributed by atoms with Crippen molar-refractivity contribution in [1.29, 1.82) is 0 Å². The summed E-state index contributed by atoms with van der Waals surface area (Å²) in [4.78, 5) is 33.2. The molecule has 2 aromatic rings. The first-order chi connectivity index (χ1) is 11.9. The van der Waals surface area contributed by atoms with Crippen LogP contribution in [0.2, 0.25) is 0 Å². The fourth-order valence-corrected chi connectivity index (χ4v) is 2.15. The Kier molecular flexibility index (Phi) is 5.79. The van der Waals surface area contributed by atoms with Crippen molar-refractivity contribution >= 4 is 23.3 Å². The fourth-order valence-electron chi connectivity index (χ4n) is 2.15. The maximum absolute atomic E-state index is 12.0. The van der Waals surface area contributed by atoms with E-state index in [1.807, 2.05) is 0 Å². The van der Waals surface area contributed by atoms with Gasteiger partial charge in [-0.15, -0.1) is 0 Å². The Hall–Kier alpha value is -3.27. The van der Waals surface area contributed by atoms with E-state index in [4.69, 9.17) is 9.84 Å². The van der Waals surface area contributed by atoms with Gasteiger partial charge in [0, 0.05) is 25.8 Å². The molecule has 0 aliphatic carbocycles. The molecule has 10 heteroatoms. The number of carboxylic acid groups (broad SMARTS) is 1. The van der Waals surface area contributed by atoms with Crippen LogP contribution in [0.1, 0.15) is 22.3 Å². The lowest BCUT2D eigenvalue weighted by Gasteiger charge is -2.09. The van der Waals surface area contributed by atoms with Crippen molar-refractivity contribution in [2.24, 2.45) is 0 Å². The van der Waals surface area contributed by atoms with Gasteiger partial charge in [0.25, 0.3) is 0 Å². The number of carbonyl (C=O) groups is 2. The molecule has 0 saturated carbocycles. The summed E-state index contributed by atoms with van der Waals surface area (Å²) in [5.74, 6) is -1.48. The van der Waals surface area contributed by atoms with Gasteiger partial charge in [-0.25, -0.2) is 4.79 Å². The molecule has 0 unspecified atom stereocenters. The van der Waals surface area contributed by atoms with Crippen LogP contribution in [-0.2, 0) is 22.7 Å². The lowest BCUT2D eigenvalue weighted by atomic mass is 10.1. The molecule has 1 heterocycles. The van der Waals surface area contributed by atoms with Crippen LogP contribution < -0.4 is 5.32 Å². The number of aryl methyl sites for hydroxylation is 1. The first-order valence-corrected chi connectivity index (χ1v) is 7.22. The zero-order valence-electron chi connectivity index (χ0n) is 13.3. The van der Waals surface area contributed by atoms with Crippen LogP contribution in [0.15, 0.2) is 30.6 Å². The highest BCUT2D eigenvalue weighted by Crippen LogP contribution is 2.17. The molecule has 2 rings (SSSR count). The lowest BCUT2D eigenvalue weighted by molar-refractivity contribution is -0.385. The Morgan fingerprint density at radius 3 is 2.76 bits per heavy atom. The third-order valence-corrected chi connectivity index (χ3v) is 3.23. The van der Waals surface area contributed by atoms with Crippen LogP contribution in [0.4, 0.5) is 11.4 Å². The smallest absolute Gasteiger partial charge is 0.335 e. The molecule has 0 atom stereocenters. The van der Waals surface area contributed by atoms with E-state index in [0.29, 0.717) is 11.3 Å². The number of carbonyl (C=O) groups excluding carboxylic acids is 1. The normalized spacial score (nSPS) is 10.4. The molecule has 0 saturated heterocycles. The zero-order valence-corrected chi connectivity index (χ0v) is 13.3. The van der Waals surface area contributed by atoms with E-state index < -0.39 is 10.9 Å². The number of methoxy groups -OCH3 is 1. The summed E-state index contributed by atoms with van der Waals surface area (Å²) in [7, 11) is 1.48. The first kappa shape index (κ1) is 18.1. The number of aromatic carboxylic acids is 1. The second kappa shape index (κ2) is 8.02. The minimum absolute atomic E-state index is 0.0236. The van der Waals surface area contributed by atoms with Crippen LogP contribution in [0, 0.1) is 10.1 Å². The minimum Gasteiger partial charge on any atom is -0.478 e. The fraction of sp³-hybridized carbons (Fsp3) is 0.267. The third-order valence-electron chi connectivity index (χ3n) is 3.23. The highest BCUT2D eigenvalue weighted by Gasteiger charge is 2.12. The molecule has 1 aromatic heterocycles. The molecule has 0 radical (unpaired) electrons. The van der Waals surface area contributed by atoms with E-state index in [-0.39, 0.29) is 36.7 Å². The molecule has 0 spiro atoms. The van der Waals surface area contributed by atoms with Gasteiger partial charge in [-0.2, -0.15) is 5.10 Å². The Balaban J connectivity index is 2.01. The van der Waals surface area contributed by atoms with E-state index in [1.54, 1.807) is 6.07 Å². The van der Waals surface area contributed by atoms with Crippen LogP contribution in [0.3, 0.4) is 0 Å². The number of nitrogens with zero attached hydrogens (tertiary/aromatic N) is 3. The van der Waals surface area contributed by atoms with E-state index in [9.17, 15) is 19.7 Å². The van der Waals surface area contributed by atoms with Crippen molar-refractivity contribution < 1.29 is 24.4 Å². The van der Waals surface area contributed by atoms with Crippen molar-refractivity contribution in [2.75, 3.05) is 12.4 Å². The predicted octanol–water partition coefficient (Wildman–Crippen LogP) is 1.66. The summed E-state index contributed by atoms with van der Waals surface area (Å²) in [5.41, 5.74) is 0.829. The number of nitro groups is 1. The van der Waals surface area contributed by atoms with Gasteiger partial charge >= 0.3 is 11.7 Å². The SMILES string of the molecule is COCc1cc(NC(=O)CCn2cc([N+](=O)[O-])cn2)cc(C(=O)O)c1. The van der Waals surface area contributed by atoms with Crippen molar-refractivity contribution in [1.82, 2.24) is 9.78 Å². The number of anilines is 1. The lowest BCUT2D eigenvalue weighted by Crippen LogP contribution is -2.15. The first-order valence-electron chi connectivity index (χ1n) is 7.22. The van der Waals surface area contributed by atoms with Gasteiger partial charge < -0.3 is 15.2 Å². The average molecular weight is 348 g/mol. The Morgan fingerprint density at radius 1 is 1.40 bits per heavy atom. The average Bonchev–Trinajstić information content (AvgIpc) is 3.02. The second-order valence-corrected chi connectivity index (χ2v) is 5.17. The Morgan fingerprint density at radius 2 is 2.16 bits per heavy atom. The molecular weight excluding hydrogens is 332 g/mol. The topological polar surface area (TPSA) is 137 Å². The largest absolute Gasteiger partial charge is 0.478 e. The van der Waals surface area contributed by atoms with Crippen molar-refractivity contribution in [3.8, 4) is 0 Å². The number of hydrogen-bond acceptors (Lipinski definition) is 6. The highest BCUT2D eigenvalue weighted by atomic mass is 16.6. The van der Waals surface area contributed by atoms with Crippen LogP contribution >= 0.6 is 0 Å². The van der Waals surface area contributed by atoms with E-state index in [0.717, 1.165) is 6.20 Å². The molecule has 0 fully saturated rings. The summed E-state index contributed by atoms with van der Waals surface area (Å²) in [5, 5.41) is 26.1. The summed E-state index contributed by atoms with van der Waals surface area (Å²) in [6.45, 7) is 0.365. The third kappa shape index (κ3) is 5.11. The second-order valence-electron chi connectivity index (χ2n) is 5.17. The summed E-state index contributed by atoms with van der Waals surface area (Å²) >= 11 is 0. The Labute approximate surface area is 142 Å². The zero-order chi connectivity index (χ0) is 18.4. The number of amides is 1. The van der Waals surface area contributed by atoms with Crippen LogP contribution in [0.25, 0.3) is 0 Å². The van der Waals surface area contributed by atoms with Gasteiger partial charge in [0.05, 0.1) is 17.1 Å². The number of hydrogen-bond donors (Lipinski definition) is 2. The molecule has 10 nitrogen and oxygen atoms in total. The highest BCUT2D eigenvalue weighted by molar-refractivity contribution is 5.94. The van der Waals surface area contributed by atoms with Crippen LogP contribution in [0.5, 0.6) is 0 Å². The van der Waals surface area contributed by atoms with Gasteiger partial charge in [0.2, 0.25) is 5.91 Å². The van der Waals surface area contributed by atoms with Crippen LogP contribution in [-0.4, -0.2) is 38.8 Å². The monoisotopic (exact) mass is 348 g/mol. The molecule has 132 valence electrons. The maximum Gasteiger partial charge on any atom is 0.335 e. The standard InChI is InChI=1S/C15H16N4O6/c1-25-9-10-4-11(15(21)22)6-12(5-10)17-14(20)2-3-18-8-13(7-16-18)19(23)24/h4-8H,2-3,9H2,1H3,(H,17,20)(H,21,22). The maximum atomic E-state index is 12.0. The number of benzene rings is 1. The molecule has 25 heavy (non-hydrogen) atoms. The van der Waals surface area contributed by atoms with Gasteiger partial charge in [-0.3, -0.25) is 19.6 Å². The van der Waals surface area contributed by atoms with E-state index in [1.165, 1.54) is 30.1 Å². The van der Waals surface area contributed by atoms with Gasteiger partial charge in [-0.05, 0) is 23.8 Å². The number of nitrogens with one attached hydrogen (secondary N) is 1. The number of carboxylic acids is 1. The summed E-state index contributed by atoms with van der Waals surface area (Å²) in [6.07, 6.45) is 2.36. The van der Waals surface area contributed by atoms with E-state index in [2.05, 4.69) is 10.4 Å². The van der Waals surface area contributed by atoms with Gasteiger partial charge in [-0.1, -0.05) is 0 Å². The van der Waals surface area contributed by atoms with Crippen molar-refractivity contribution in [2.45, 2.75) is 19.6 Å². The van der Waals surface area contributed by atoms with E-state index >= 15 is 0 Å². The summed E-state index contributed by atoms with van der Waals surface area (Å²) in [6, 6.07) is 4.43. The van der Waals surface area contributed by atoms with Crippen molar-refractivity contribution in [3.05, 3.63) is 51.8 Å². The molecular formula is C15H16N4O6. The number of rotatable bonds is 8. The van der Waals surface area contributed by atoms with Gasteiger partial charge in [0.15, 0.2) is 0 Å². The molecule has 0 bridgehead atoms.